The van der Waals surface area contributed by atoms with Crippen LogP contribution in [0.15, 0.2) is 71.5 Å². The number of aromatic amines is 1. The molecular formula is C29H26ClN3O3. The van der Waals surface area contributed by atoms with Crippen molar-refractivity contribution in [2.24, 2.45) is 0 Å². The van der Waals surface area contributed by atoms with Gasteiger partial charge in [-0.15, -0.1) is 0 Å². The van der Waals surface area contributed by atoms with Crippen molar-refractivity contribution in [1.29, 1.82) is 0 Å². The van der Waals surface area contributed by atoms with Crippen molar-refractivity contribution in [3.63, 3.8) is 0 Å². The van der Waals surface area contributed by atoms with Crippen LogP contribution in [0.4, 0.5) is 0 Å². The highest BCUT2D eigenvalue weighted by Crippen LogP contribution is 2.31. The average molecular weight is 500 g/mol. The van der Waals surface area contributed by atoms with Crippen molar-refractivity contribution in [1.82, 2.24) is 14.3 Å². The van der Waals surface area contributed by atoms with Gasteiger partial charge in [0.2, 0.25) is 0 Å². The summed E-state index contributed by atoms with van der Waals surface area (Å²) in [6, 6.07) is 20.1. The maximum atomic E-state index is 13.5. The van der Waals surface area contributed by atoms with Crippen LogP contribution in [-0.2, 0) is 6.42 Å². The molecule has 0 aliphatic heterocycles. The second-order valence-corrected chi connectivity index (χ2v) is 9.43. The van der Waals surface area contributed by atoms with Gasteiger partial charge in [0.25, 0.3) is 11.5 Å². The van der Waals surface area contributed by atoms with Crippen molar-refractivity contribution < 1.29 is 9.53 Å². The topological polar surface area (TPSA) is 69.0 Å². The van der Waals surface area contributed by atoms with Crippen LogP contribution >= 0.6 is 11.6 Å². The highest BCUT2D eigenvalue weighted by atomic mass is 35.5. The van der Waals surface area contributed by atoms with Gasteiger partial charge in [0.15, 0.2) is 0 Å². The third-order valence-electron chi connectivity index (χ3n) is 6.73. The number of carbonyl (C=O) groups is 1. The van der Waals surface area contributed by atoms with Crippen LogP contribution in [0.3, 0.4) is 0 Å². The normalized spacial score (nSPS) is 11.2. The summed E-state index contributed by atoms with van der Waals surface area (Å²) in [5.74, 6) is 0.549. The van der Waals surface area contributed by atoms with Crippen LogP contribution in [-0.4, -0.2) is 27.4 Å². The first-order valence-electron chi connectivity index (χ1n) is 11.6. The Morgan fingerprint density at radius 3 is 2.39 bits per heavy atom. The number of halogens is 1. The van der Waals surface area contributed by atoms with Gasteiger partial charge < -0.3 is 4.74 Å². The van der Waals surface area contributed by atoms with E-state index in [1.54, 1.807) is 46.7 Å². The van der Waals surface area contributed by atoms with Crippen LogP contribution in [0.5, 0.6) is 5.75 Å². The molecule has 0 amide bonds. The minimum Gasteiger partial charge on any atom is -0.497 e. The van der Waals surface area contributed by atoms with Crippen LogP contribution in [0.2, 0.25) is 5.02 Å². The Morgan fingerprint density at radius 2 is 1.69 bits per heavy atom. The fourth-order valence-corrected chi connectivity index (χ4v) is 4.70. The lowest BCUT2D eigenvalue weighted by Crippen LogP contribution is -2.13. The van der Waals surface area contributed by atoms with Gasteiger partial charge in [-0.2, -0.15) is 0 Å². The monoisotopic (exact) mass is 499 g/mol. The van der Waals surface area contributed by atoms with E-state index < -0.39 is 0 Å². The molecule has 0 unspecified atom stereocenters. The first-order valence-corrected chi connectivity index (χ1v) is 12.0. The standard InChI is InChI=1S/C29H26ClN3O3/c1-17-5-10-23(13-18(17)2)33-28(34)15-22(31-33)14-25-19(3)32(27-12-11-24(36-4)16-26(25)27)29(35)20-6-8-21(30)9-7-20/h5-13,15-16,31H,14H2,1-4H3. The molecule has 6 nitrogen and oxygen atoms in total. The van der Waals surface area contributed by atoms with Gasteiger partial charge in [-0.05, 0) is 92.1 Å². The van der Waals surface area contributed by atoms with Gasteiger partial charge in [-0.1, -0.05) is 17.7 Å². The van der Waals surface area contributed by atoms with Crippen molar-refractivity contribution in [2.75, 3.05) is 7.11 Å². The second-order valence-electron chi connectivity index (χ2n) is 8.99. The SMILES string of the molecule is COc1ccc2c(c1)c(Cc1cc(=O)n(-c3ccc(C)c(C)c3)[nH]1)c(C)n2C(=O)c1ccc(Cl)cc1. The number of carbonyl (C=O) groups excluding carboxylic acids is 1. The number of nitrogens with zero attached hydrogens (tertiary/aromatic N) is 2. The summed E-state index contributed by atoms with van der Waals surface area (Å²) in [5, 5.41) is 4.72. The van der Waals surface area contributed by atoms with E-state index in [2.05, 4.69) is 5.10 Å². The van der Waals surface area contributed by atoms with Crippen molar-refractivity contribution in [2.45, 2.75) is 27.2 Å². The summed E-state index contributed by atoms with van der Waals surface area (Å²) in [7, 11) is 1.62. The highest BCUT2D eigenvalue weighted by Gasteiger charge is 2.21. The predicted molar refractivity (Wildman–Crippen MR) is 143 cm³/mol. The van der Waals surface area contributed by atoms with Crippen LogP contribution < -0.4 is 10.3 Å². The summed E-state index contributed by atoms with van der Waals surface area (Å²) in [6.45, 7) is 5.99. The van der Waals surface area contributed by atoms with Crippen molar-refractivity contribution in [3.05, 3.63) is 116 Å². The molecule has 0 spiro atoms. The molecule has 0 radical (unpaired) electrons. The average Bonchev–Trinajstić information content (AvgIpc) is 3.37. The van der Waals surface area contributed by atoms with E-state index in [1.165, 1.54) is 5.56 Å². The number of rotatable bonds is 5. The number of methoxy groups -OCH3 is 1. The predicted octanol–water partition coefficient (Wildman–Crippen LogP) is 5.99. The maximum Gasteiger partial charge on any atom is 0.271 e. The molecular weight excluding hydrogens is 474 g/mol. The molecule has 0 aliphatic rings. The Morgan fingerprint density at radius 1 is 0.944 bits per heavy atom. The van der Waals surface area contributed by atoms with Gasteiger partial charge in [0.1, 0.15) is 5.75 Å². The second kappa shape index (κ2) is 9.21. The van der Waals surface area contributed by atoms with Crippen LogP contribution in [0, 0.1) is 20.8 Å². The third kappa shape index (κ3) is 4.14. The molecule has 2 aromatic heterocycles. The lowest BCUT2D eigenvalue weighted by Gasteiger charge is -2.08. The number of nitrogens with one attached hydrogen (secondary N) is 1. The number of aryl methyl sites for hydroxylation is 2. The number of aromatic nitrogens is 3. The van der Waals surface area contributed by atoms with Gasteiger partial charge in [0.05, 0.1) is 18.3 Å². The molecule has 5 aromatic rings. The molecule has 0 fully saturated rings. The van der Waals surface area contributed by atoms with E-state index in [4.69, 9.17) is 16.3 Å². The number of benzene rings is 3. The van der Waals surface area contributed by atoms with Crippen molar-refractivity contribution >= 4 is 28.4 Å². The molecule has 1 N–H and O–H groups in total. The summed E-state index contributed by atoms with van der Waals surface area (Å²) in [4.78, 5) is 26.4. The smallest absolute Gasteiger partial charge is 0.271 e. The van der Waals surface area contributed by atoms with E-state index in [0.717, 1.165) is 39.1 Å². The highest BCUT2D eigenvalue weighted by molar-refractivity contribution is 6.30. The molecule has 0 atom stereocenters. The fraction of sp³-hybridized carbons (Fsp3) is 0.172. The zero-order valence-electron chi connectivity index (χ0n) is 20.6. The van der Waals surface area contributed by atoms with Crippen LogP contribution in [0.25, 0.3) is 16.6 Å². The Bertz CT molecular complexity index is 1670. The molecule has 3 aromatic carbocycles. The molecule has 0 aliphatic carbocycles. The van der Waals surface area contributed by atoms with Gasteiger partial charge in [0, 0.05) is 39.8 Å². The number of hydrogen-bond donors (Lipinski definition) is 1. The van der Waals surface area contributed by atoms with Crippen LogP contribution in [0.1, 0.15) is 38.4 Å². The molecule has 5 rings (SSSR count). The lowest BCUT2D eigenvalue weighted by atomic mass is 10.1. The molecule has 0 saturated carbocycles. The summed E-state index contributed by atoms with van der Waals surface area (Å²) in [6.07, 6.45) is 0.448. The Kier molecular flexibility index (Phi) is 6.06. The molecule has 182 valence electrons. The van der Waals surface area contributed by atoms with Gasteiger partial charge in [-0.3, -0.25) is 19.3 Å². The summed E-state index contributed by atoms with van der Waals surface area (Å²) < 4.78 is 8.73. The zero-order chi connectivity index (χ0) is 25.6. The summed E-state index contributed by atoms with van der Waals surface area (Å²) in [5.41, 5.74) is 6.75. The van der Waals surface area contributed by atoms with E-state index in [0.29, 0.717) is 22.8 Å². The first kappa shape index (κ1) is 23.7. The number of H-pyrrole nitrogens is 1. The van der Waals surface area contributed by atoms with E-state index in [-0.39, 0.29) is 11.5 Å². The summed E-state index contributed by atoms with van der Waals surface area (Å²) >= 11 is 6.03. The van der Waals surface area contributed by atoms with Crippen molar-refractivity contribution in [3.8, 4) is 11.4 Å². The molecule has 7 heteroatoms. The minimum absolute atomic E-state index is 0.135. The molecule has 2 heterocycles. The third-order valence-corrected chi connectivity index (χ3v) is 6.98. The molecule has 0 saturated heterocycles. The number of ether oxygens (including phenoxy) is 1. The fourth-order valence-electron chi connectivity index (χ4n) is 4.58. The molecule has 0 bridgehead atoms. The number of fused-ring (bicyclic) bond motifs is 1. The van der Waals surface area contributed by atoms with E-state index >= 15 is 0 Å². The zero-order valence-corrected chi connectivity index (χ0v) is 21.3. The quantitative estimate of drug-likeness (QED) is 0.323. The van der Waals surface area contributed by atoms with Gasteiger partial charge >= 0.3 is 0 Å². The number of hydrogen-bond acceptors (Lipinski definition) is 3. The lowest BCUT2D eigenvalue weighted by molar-refractivity contribution is 0.0963. The largest absolute Gasteiger partial charge is 0.497 e. The van der Waals surface area contributed by atoms with Gasteiger partial charge in [-0.25, -0.2) is 4.68 Å². The Hall–Kier alpha value is -4.03. The minimum atomic E-state index is -0.147. The Labute approximate surface area is 213 Å². The molecule has 36 heavy (non-hydrogen) atoms. The first-order chi connectivity index (χ1) is 17.3. The van der Waals surface area contributed by atoms with E-state index in [9.17, 15) is 9.59 Å². The Balaban J connectivity index is 1.61. The maximum absolute atomic E-state index is 13.5. The van der Waals surface area contributed by atoms with E-state index in [1.807, 2.05) is 57.2 Å².